The molecule has 2 aromatic heterocycles. The summed E-state index contributed by atoms with van der Waals surface area (Å²) in [6.07, 6.45) is 0. The molecule has 0 saturated carbocycles. The zero-order valence-electron chi connectivity index (χ0n) is 20.3. The number of benzene rings is 2. The first-order valence-electron chi connectivity index (χ1n) is 10.8. The van der Waals surface area contributed by atoms with Crippen molar-refractivity contribution in [3.63, 3.8) is 0 Å². The minimum Gasteiger partial charge on any atom is -0.493 e. The van der Waals surface area contributed by atoms with Crippen LogP contribution >= 0.6 is 0 Å². The SMILES string of the molecule is CCOC(=O)c1nc2nc3cc(OC)c(OC(C)=O)cc3cc2c(=O)[nH]1.Cc1ccc(S(=O)(=O)O)cc1. The molecule has 0 saturated heterocycles. The van der Waals surface area contributed by atoms with Crippen LogP contribution in [0.25, 0.3) is 21.9 Å². The molecule has 194 valence electrons. The second kappa shape index (κ2) is 11.1. The minimum absolute atomic E-state index is 0.0666. The van der Waals surface area contributed by atoms with Gasteiger partial charge in [0.1, 0.15) is 0 Å². The maximum absolute atomic E-state index is 12.3. The Labute approximate surface area is 211 Å². The van der Waals surface area contributed by atoms with E-state index in [-0.39, 0.29) is 34.1 Å². The fraction of sp³-hybridized carbons (Fsp3) is 0.208. The lowest BCUT2D eigenvalue weighted by molar-refractivity contribution is -0.132. The van der Waals surface area contributed by atoms with E-state index in [1.165, 1.54) is 26.2 Å². The first-order valence-corrected chi connectivity index (χ1v) is 12.2. The number of pyridine rings is 1. The number of fused-ring (bicyclic) bond motifs is 2. The van der Waals surface area contributed by atoms with E-state index in [9.17, 15) is 22.8 Å². The number of hydrogen-bond acceptors (Lipinski definition) is 10. The molecule has 0 bridgehead atoms. The molecule has 12 nitrogen and oxygen atoms in total. The molecule has 0 aliphatic heterocycles. The van der Waals surface area contributed by atoms with E-state index in [2.05, 4.69) is 15.0 Å². The third-order valence-electron chi connectivity index (χ3n) is 4.82. The third kappa shape index (κ3) is 6.65. The number of carbonyl (C=O) groups excluding carboxylic acids is 2. The van der Waals surface area contributed by atoms with Crippen LogP contribution in [0.4, 0.5) is 0 Å². The number of ether oxygens (including phenoxy) is 3. The maximum atomic E-state index is 12.3. The predicted molar refractivity (Wildman–Crippen MR) is 132 cm³/mol. The van der Waals surface area contributed by atoms with Gasteiger partial charge in [-0.1, -0.05) is 17.7 Å². The van der Waals surface area contributed by atoms with Gasteiger partial charge in [-0.05, 0) is 38.1 Å². The van der Waals surface area contributed by atoms with Gasteiger partial charge in [-0.15, -0.1) is 0 Å². The smallest absolute Gasteiger partial charge is 0.374 e. The summed E-state index contributed by atoms with van der Waals surface area (Å²) in [5.74, 6) is -0.956. The van der Waals surface area contributed by atoms with E-state index >= 15 is 0 Å². The van der Waals surface area contributed by atoms with Crippen molar-refractivity contribution in [2.75, 3.05) is 13.7 Å². The summed E-state index contributed by atoms with van der Waals surface area (Å²) < 4.78 is 44.7. The molecule has 13 heteroatoms. The van der Waals surface area contributed by atoms with E-state index in [1.807, 2.05) is 6.92 Å². The molecule has 37 heavy (non-hydrogen) atoms. The summed E-state index contributed by atoms with van der Waals surface area (Å²) in [6, 6.07) is 10.6. The Kier molecular flexibility index (Phi) is 8.20. The molecule has 0 aliphatic carbocycles. The Balaban J connectivity index is 0.000000289. The zero-order valence-corrected chi connectivity index (χ0v) is 21.1. The third-order valence-corrected chi connectivity index (χ3v) is 5.68. The lowest BCUT2D eigenvalue weighted by atomic mass is 10.1. The van der Waals surface area contributed by atoms with Gasteiger partial charge >= 0.3 is 11.9 Å². The molecule has 4 rings (SSSR count). The highest BCUT2D eigenvalue weighted by Gasteiger charge is 2.16. The van der Waals surface area contributed by atoms with Crippen LogP contribution in [0, 0.1) is 6.92 Å². The molecule has 0 spiro atoms. The molecule has 0 atom stereocenters. The Morgan fingerprint density at radius 1 is 1.05 bits per heavy atom. The van der Waals surface area contributed by atoms with Crippen LogP contribution in [0.3, 0.4) is 0 Å². The van der Waals surface area contributed by atoms with E-state index in [4.69, 9.17) is 18.8 Å². The zero-order chi connectivity index (χ0) is 27.3. The normalized spacial score (nSPS) is 10.9. The Morgan fingerprint density at radius 2 is 1.73 bits per heavy atom. The standard InChI is InChI=1S/C17H15N3O6.C7H8O3S/c1-4-25-17(23)15-19-14-10(16(22)20-15)5-9-6-13(26-8(2)21)12(24-3)7-11(9)18-14;1-6-2-4-7(5-3-6)11(8,9)10/h5-7H,4H2,1-3H3,(H,18,19,20,22);2-5H,1H3,(H,8,9,10). The first kappa shape index (κ1) is 27.2. The van der Waals surface area contributed by atoms with Crippen molar-refractivity contribution in [3.8, 4) is 11.5 Å². The van der Waals surface area contributed by atoms with Crippen molar-refractivity contribution in [1.82, 2.24) is 15.0 Å². The topological polar surface area (TPSA) is 175 Å². The summed E-state index contributed by atoms with van der Waals surface area (Å²) in [5.41, 5.74) is 0.972. The lowest BCUT2D eigenvalue weighted by Gasteiger charge is -2.10. The van der Waals surface area contributed by atoms with Gasteiger partial charge in [-0.25, -0.2) is 14.8 Å². The number of nitrogens with zero attached hydrogens (tertiary/aromatic N) is 2. The van der Waals surface area contributed by atoms with E-state index in [1.54, 1.807) is 37.3 Å². The van der Waals surface area contributed by atoms with Gasteiger partial charge < -0.3 is 19.2 Å². The average Bonchev–Trinajstić information content (AvgIpc) is 2.82. The molecule has 2 aromatic carbocycles. The van der Waals surface area contributed by atoms with Crippen molar-refractivity contribution in [1.29, 1.82) is 0 Å². The van der Waals surface area contributed by atoms with Crippen LogP contribution < -0.4 is 15.0 Å². The molecule has 2 N–H and O–H groups in total. The van der Waals surface area contributed by atoms with Crippen LogP contribution in [-0.4, -0.2) is 53.6 Å². The van der Waals surface area contributed by atoms with E-state index in [0.717, 1.165) is 5.56 Å². The molecule has 0 unspecified atom stereocenters. The number of aromatic amines is 1. The number of hydrogen-bond donors (Lipinski definition) is 2. The molecule has 2 heterocycles. The second-order valence-corrected chi connectivity index (χ2v) is 8.99. The highest BCUT2D eigenvalue weighted by molar-refractivity contribution is 7.85. The van der Waals surface area contributed by atoms with Gasteiger partial charge in [0.15, 0.2) is 17.1 Å². The van der Waals surface area contributed by atoms with Gasteiger partial charge in [-0.2, -0.15) is 8.42 Å². The number of nitrogens with one attached hydrogen (secondary N) is 1. The molecule has 0 amide bonds. The van der Waals surface area contributed by atoms with Gasteiger partial charge in [-0.3, -0.25) is 14.1 Å². The molecule has 0 fully saturated rings. The molecule has 0 aliphatic rings. The molecule has 4 aromatic rings. The van der Waals surface area contributed by atoms with Gasteiger partial charge in [0.2, 0.25) is 5.82 Å². The van der Waals surface area contributed by atoms with Crippen molar-refractivity contribution in [2.45, 2.75) is 25.7 Å². The van der Waals surface area contributed by atoms with E-state index < -0.39 is 27.6 Å². The van der Waals surface area contributed by atoms with Crippen LogP contribution in [-0.2, 0) is 19.6 Å². The van der Waals surface area contributed by atoms with Crippen molar-refractivity contribution in [2.24, 2.45) is 0 Å². The van der Waals surface area contributed by atoms with Gasteiger partial charge in [0, 0.05) is 18.4 Å². The minimum atomic E-state index is -4.02. The second-order valence-electron chi connectivity index (χ2n) is 7.57. The van der Waals surface area contributed by atoms with Crippen molar-refractivity contribution >= 4 is 44.0 Å². The monoisotopic (exact) mass is 529 g/mol. The fourth-order valence-electron chi connectivity index (χ4n) is 3.13. The Hall–Kier alpha value is -4.36. The van der Waals surface area contributed by atoms with Crippen LogP contribution in [0.5, 0.6) is 11.5 Å². The van der Waals surface area contributed by atoms with Crippen LogP contribution in [0.1, 0.15) is 30.0 Å². The van der Waals surface area contributed by atoms with Gasteiger partial charge in [0.05, 0.1) is 29.5 Å². The first-order chi connectivity index (χ1) is 17.4. The van der Waals surface area contributed by atoms with Gasteiger partial charge in [0.25, 0.3) is 15.7 Å². The molecular weight excluding hydrogens is 506 g/mol. The summed E-state index contributed by atoms with van der Waals surface area (Å²) in [4.78, 5) is 46.0. The van der Waals surface area contributed by atoms with Crippen LogP contribution in [0.15, 0.2) is 52.2 Å². The van der Waals surface area contributed by atoms with Crippen molar-refractivity contribution in [3.05, 3.63) is 64.2 Å². The summed E-state index contributed by atoms with van der Waals surface area (Å²) in [7, 11) is -2.59. The summed E-state index contributed by atoms with van der Waals surface area (Å²) in [6.45, 7) is 4.92. The summed E-state index contributed by atoms with van der Waals surface area (Å²) in [5, 5.41) is 0.732. The largest absolute Gasteiger partial charge is 0.493 e. The average molecular weight is 530 g/mol. The number of rotatable bonds is 5. The quantitative estimate of drug-likeness (QED) is 0.168. The fourth-order valence-corrected chi connectivity index (χ4v) is 3.61. The highest BCUT2D eigenvalue weighted by Crippen LogP contribution is 2.32. The molecular formula is C24H23N3O9S. The number of methoxy groups -OCH3 is 1. The number of esters is 2. The number of H-pyrrole nitrogens is 1. The van der Waals surface area contributed by atoms with E-state index in [0.29, 0.717) is 16.7 Å². The highest BCUT2D eigenvalue weighted by atomic mass is 32.2. The Bertz CT molecular complexity index is 1650. The predicted octanol–water partition coefficient (Wildman–Crippen LogP) is 2.82. The van der Waals surface area contributed by atoms with Crippen LogP contribution in [0.2, 0.25) is 0 Å². The summed E-state index contributed by atoms with van der Waals surface area (Å²) >= 11 is 0. The lowest BCUT2D eigenvalue weighted by Crippen LogP contribution is -2.18. The molecule has 0 radical (unpaired) electrons. The maximum Gasteiger partial charge on any atom is 0.374 e. The number of carbonyl (C=O) groups is 2. The number of aryl methyl sites for hydroxylation is 1. The van der Waals surface area contributed by atoms with Crippen molar-refractivity contribution < 1.29 is 36.8 Å². The number of aromatic nitrogens is 3. The Morgan fingerprint density at radius 3 is 2.30 bits per heavy atom.